The van der Waals surface area contributed by atoms with Crippen LogP contribution in [0.2, 0.25) is 0 Å². The highest BCUT2D eigenvalue weighted by molar-refractivity contribution is 5.85. The SMILES string of the molecule is COc1ccc(F)c([C@@H](CCC(F)(F)F)N2CCNCC2)c1.Cl.Cl. The zero-order valence-corrected chi connectivity index (χ0v) is 14.9. The molecular formula is C15H22Cl2F4N2O. The summed E-state index contributed by atoms with van der Waals surface area (Å²) in [5.41, 5.74) is 0.269. The van der Waals surface area contributed by atoms with Crippen LogP contribution in [-0.4, -0.2) is 44.4 Å². The van der Waals surface area contributed by atoms with Gasteiger partial charge in [-0.1, -0.05) is 0 Å². The van der Waals surface area contributed by atoms with Crippen molar-refractivity contribution in [3.63, 3.8) is 0 Å². The molecule has 24 heavy (non-hydrogen) atoms. The molecule has 1 aromatic carbocycles. The smallest absolute Gasteiger partial charge is 0.389 e. The van der Waals surface area contributed by atoms with Crippen LogP contribution in [0.1, 0.15) is 24.4 Å². The average molecular weight is 393 g/mol. The van der Waals surface area contributed by atoms with Gasteiger partial charge < -0.3 is 10.1 Å². The Morgan fingerprint density at radius 3 is 2.38 bits per heavy atom. The van der Waals surface area contributed by atoms with Crippen molar-refractivity contribution in [3.05, 3.63) is 29.6 Å². The highest BCUT2D eigenvalue weighted by Gasteiger charge is 2.32. The number of rotatable bonds is 5. The molecule has 140 valence electrons. The predicted octanol–water partition coefficient (Wildman–Crippen LogP) is 3.97. The summed E-state index contributed by atoms with van der Waals surface area (Å²) in [5, 5.41) is 3.15. The summed E-state index contributed by atoms with van der Waals surface area (Å²) in [6.07, 6.45) is -5.34. The molecule has 0 aliphatic carbocycles. The minimum atomic E-state index is -4.25. The maximum atomic E-state index is 14.2. The number of alkyl halides is 3. The lowest BCUT2D eigenvalue weighted by Crippen LogP contribution is -2.45. The Labute approximate surface area is 151 Å². The van der Waals surface area contributed by atoms with Crippen molar-refractivity contribution in [1.29, 1.82) is 0 Å². The van der Waals surface area contributed by atoms with Crippen LogP contribution in [0.4, 0.5) is 17.6 Å². The van der Waals surface area contributed by atoms with Crippen LogP contribution in [0.15, 0.2) is 18.2 Å². The molecule has 0 saturated carbocycles. The Balaban J connectivity index is 0.00000264. The molecule has 9 heteroatoms. The van der Waals surface area contributed by atoms with Crippen molar-refractivity contribution >= 4 is 24.8 Å². The second-order valence-electron chi connectivity index (χ2n) is 5.34. The van der Waals surface area contributed by atoms with Crippen LogP contribution in [0.25, 0.3) is 0 Å². The van der Waals surface area contributed by atoms with Gasteiger partial charge in [-0.15, -0.1) is 24.8 Å². The van der Waals surface area contributed by atoms with Crippen LogP contribution in [0.5, 0.6) is 5.75 Å². The molecule has 1 aliphatic rings. The molecule has 1 aliphatic heterocycles. The maximum absolute atomic E-state index is 14.2. The molecular weight excluding hydrogens is 371 g/mol. The number of hydrogen-bond donors (Lipinski definition) is 1. The Morgan fingerprint density at radius 2 is 1.83 bits per heavy atom. The Kier molecular flexibility index (Phi) is 9.96. The van der Waals surface area contributed by atoms with Gasteiger partial charge in [0, 0.05) is 44.2 Å². The summed E-state index contributed by atoms with van der Waals surface area (Å²) in [4.78, 5) is 1.90. The standard InChI is InChI=1S/C15H20F4N2O.2ClH/c1-22-11-2-3-13(16)12(10-11)14(4-5-15(17,18)19)21-8-6-20-7-9-21;;/h2-3,10,14,20H,4-9H2,1H3;2*1H/t14-;;/m1../s1. The monoisotopic (exact) mass is 392 g/mol. The van der Waals surface area contributed by atoms with Crippen LogP contribution in [0.3, 0.4) is 0 Å². The van der Waals surface area contributed by atoms with E-state index in [4.69, 9.17) is 4.74 Å². The second-order valence-corrected chi connectivity index (χ2v) is 5.34. The summed E-state index contributed by atoms with van der Waals surface area (Å²) in [6.45, 7) is 2.57. The molecule has 0 bridgehead atoms. The number of nitrogens with zero attached hydrogens (tertiary/aromatic N) is 1. The van der Waals surface area contributed by atoms with E-state index in [9.17, 15) is 17.6 Å². The van der Waals surface area contributed by atoms with Crippen molar-refractivity contribution in [2.75, 3.05) is 33.3 Å². The summed E-state index contributed by atoms with van der Waals surface area (Å²) in [5.74, 6) is -0.0462. The summed E-state index contributed by atoms with van der Waals surface area (Å²) >= 11 is 0. The molecule has 0 spiro atoms. The van der Waals surface area contributed by atoms with E-state index in [1.165, 1.54) is 25.3 Å². The van der Waals surface area contributed by atoms with Gasteiger partial charge in [0.05, 0.1) is 7.11 Å². The minimum absolute atomic E-state index is 0. The maximum Gasteiger partial charge on any atom is 0.389 e. The zero-order chi connectivity index (χ0) is 16.2. The third kappa shape index (κ3) is 6.63. The lowest BCUT2D eigenvalue weighted by molar-refractivity contribution is -0.138. The normalized spacial score (nSPS) is 16.7. The van der Waals surface area contributed by atoms with Crippen molar-refractivity contribution in [2.24, 2.45) is 0 Å². The molecule has 1 heterocycles. The van der Waals surface area contributed by atoms with Gasteiger partial charge >= 0.3 is 6.18 Å². The first-order chi connectivity index (χ1) is 10.4. The molecule has 2 rings (SSSR count). The predicted molar refractivity (Wildman–Crippen MR) is 89.9 cm³/mol. The molecule has 1 fully saturated rings. The van der Waals surface area contributed by atoms with E-state index < -0.39 is 24.5 Å². The van der Waals surface area contributed by atoms with E-state index in [2.05, 4.69) is 5.32 Å². The minimum Gasteiger partial charge on any atom is -0.497 e. The molecule has 0 aromatic heterocycles. The zero-order valence-electron chi connectivity index (χ0n) is 13.2. The number of halogens is 6. The van der Waals surface area contributed by atoms with Gasteiger partial charge in [-0.3, -0.25) is 4.90 Å². The first kappa shape index (κ1) is 23.2. The number of methoxy groups -OCH3 is 1. The van der Waals surface area contributed by atoms with Crippen LogP contribution in [0, 0.1) is 5.82 Å². The Hall–Kier alpha value is -0.760. The third-order valence-corrected chi connectivity index (χ3v) is 3.86. The lowest BCUT2D eigenvalue weighted by Gasteiger charge is -2.35. The Bertz CT molecular complexity index is 497. The van der Waals surface area contributed by atoms with Crippen molar-refractivity contribution < 1.29 is 22.3 Å². The quantitative estimate of drug-likeness (QED) is 0.767. The van der Waals surface area contributed by atoms with E-state index in [1.807, 2.05) is 4.90 Å². The molecule has 1 N–H and O–H groups in total. The highest BCUT2D eigenvalue weighted by Crippen LogP contribution is 2.34. The molecule has 1 atom stereocenters. The van der Waals surface area contributed by atoms with Crippen LogP contribution < -0.4 is 10.1 Å². The molecule has 1 aromatic rings. The number of benzene rings is 1. The molecule has 0 radical (unpaired) electrons. The molecule has 0 amide bonds. The molecule has 1 saturated heterocycles. The fraction of sp³-hybridized carbons (Fsp3) is 0.600. The number of piperazine rings is 1. The van der Waals surface area contributed by atoms with Gasteiger partial charge in [0.25, 0.3) is 0 Å². The number of ether oxygens (including phenoxy) is 1. The number of hydrogen-bond acceptors (Lipinski definition) is 3. The van der Waals surface area contributed by atoms with Gasteiger partial charge in [0.2, 0.25) is 0 Å². The fourth-order valence-corrected chi connectivity index (χ4v) is 2.73. The van der Waals surface area contributed by atoms with Crippen molar-refractivity contribution in [2.45, 2.75) is 25.1 Å². The van der Waals surface area contributed by atoms with E-state index in [0.717, 1.165) is 0 Å². The number of nitrogens with one attached hydrogen (secondary N) is 1. The van der Waals surface area contributed by atoms with Crippen molar-refractivity contribution in [1.82, 2.24) is 10.2 Å². The van der Waals surface area contributed by atoms with E-state index in [-0.39, 0.29) is 36.8 Å². The van der Waals surface area contributed by atoms with Gasteiger partial charge in [0.1, 0.15) is 11.6 Å². The van der Waals surface area contributed by atoms with Gasteiger partial charge in [-0.2, -0.15) is 13.2 Å². The van der Waals surface area contributed by atoms with Crippen molar-refractivity contribution in [3.8, 4) is 5.75 Å². The summed E-state index contributed by atoms with van der Waals surface area (Å²) in [6, 6.07) is 3.62. The first-order valence-corrected chi connectivity index (χ1v) is 7.25. The molecule has 3 nitrogen and oxygen atoms in total. The van der Waals surface area contributed by atoms with E-state index in [0.29, 0.717) is 31.9 Å². The van der Waals surface area contributed by atoms with Gasteiger partial charge in [-0.05, 0) is 24.6 Å². The van der Waals surface area contributed by atoms with E-state index in [1.54, 1.807) is 0 Å². The largest absolute Gasteiger partial charge is 0.497 e. The van der Waals surface area contributed by atoms with Gasteiger partial charge in [0.15, 0.2) is 0 Å². The fourth-order valence-electron chi connectivity index (χ4n) is 2.73. The second kappa shape index (κ2) is 10.3. The third-order valence-electron chi connectivity index (χ3n) is 3.86. The lowest BCUT2D eigenvalue weighted by atomic mass is 9.98. The van der Waals surface area contributed by atoms with E-state index >= 15 is 0 Å². The highest BCUT2D eigenvalue weighted by atomic mass is 35.5. The first-order valence-electron chi connectivity index (χ1n) is 7.25. The van der Waals surface area contributed by atoms with Crippen LogP contribution >= 0.6 is 24.8 Å². The topological polar surface area (TPSA) is 24.5 Å². The van der Waals surface area contributed by atoms with Gasteiger partial charge in [-0.25, -0.2) is 4.39 Å². The molecule has 0 unspecified atom stereocenters. The summed E-state index contributed by atoms with van der Waals surface area (Å²) in [7, 11) is 1.45. The average Bonchev–Trinajstić information content (AvgIpc) is 2.49. The Morgan fingerprint density at radius 1 is 1.21 bits per heavy atom. The van der Waals surface area contributed by atoms with Crippen LogP contribution in [-0.2, 0) is 0 Å². The summed E-state index contributed by atoms with van der Waals surface area (Å²) < 4.78 is 57.0.